The standard InChI is InChI=1S/C24H21N3O4S/c1-14-9-10-18(11-15(14)2)27(16(3)28)24-25-17(13-32-24)12-20-23(29)31-22(26-20)19-7-5-6-8-21(19)30-4/h5-13H,1-4H3. The fraction of sp³-hybridized carbons (Fsp3) is 0.167. The van der Waals surface area contributed by atoms with Crippen LogP contribution < -0.4 is 9.64 Å². The molecule has 1 amide bonds. The molecule has 0 unspecified atom stereocenters. The first kappa shape index (κ1) is 21.5. The van der Waals surface area contributed by atoms with E-state index < -0.39 is 5.97 Å². The molecule has 0 radical (unpaired) electrons. The number of benzene rings is 2. The molecule has 0 saturated heterocycles. The molecule has 1 aliphatic heterocycles. The Kier molecular flexibility index (Phi) is 5.87. The van der Waals surface area contributed by atoms with Crippen LogP contribution in [0.15, 0.2) is 58.5 Å². The number of aromatic nitrogens is 1. The molecule has 3 aromatic rings. The lowest BCUT2D eigenvalue weighted by atomic mass is 10.1. The molecule has 0 aliphatic carbocycles. The zero-order valence-electron chi connectivity index (χ0n) is 18.1. The van der Waals surface area contributed by atoms with E-state index in [1.807, 2.05) is 44.2 Å². The number of para-hydroxylation sites is 1. The minimum Gasteiger partial charge on any atom is -0.496 e. The van der Waals surface area contributed by atoms with Gasteiger partial charge in [-0.15, -0.1) is 11.3 Å². The number of thiazole rings is 1. The largest absolute Gasteiger partial charge is 0.496 e. The van der Waals surface area contributed by atoms with Crippen LogP contribution in [0.4, 0.5) is 10.8 Å². The van der Waals surface area contributed by atoms with Gasteiger partial charge in [-0.2, -0.15) is 0 Å². The highest BCUT2D eigenvalue weighted by molar-refractivity contribution is 7.14. The molecular weight excluding hydrogens is 426 g/mol. The minimum atomic E-state index is -0.571. The van der Waals surface area contributed by atoms with Crippen molar-refractivity contribution in [2.45, 2.75) is 20.8 Å². The number of nitrogens with zero attached hydrogens (tertiary/aromatic N) is 3. The van der Waals surface area contributed by atoms with E-state index in [1.54, 1.807) is 35.6 Å². The Labute approximate surface area is 189 Å². The maximum atomic E-state index is 12.4. The van der Waals surface area contributed by atoms with Crippen LogP contribution in [0.25, 0.3) is 6.08 Å². The summed E-state index contributed by atoms with van der Waals surface area (Å²) in [7, 11) is 1.54. The van der Waals surface area contributed by atoms with E-state index in [0.29, 0.717) is 22.1 Å². The third kappa shape index (κ3) is 4.17. The van der Waals surface area contributed by atoms with Gasteiger partial charge in [-0.25, -0.2) is 14.8 Å². The smallest absolute Gasteiger partial charge is 0.363 e. The second-order valence-electron chi connectivity index (χ2n) is 7.21. The van der Waals surface area contributed by atoms with Crippen molar-refractivity contribution in [3.05, 3.63) is 75.9 Å². The fourth-order valence-electron chi connectivity index (χ4n) is 3.22. The first-order valence-electron chi connectivity index (χ1n) is 9.87. The van der Waals surface area contributed by atoms with E-state index in [4.69, 9.17) is 9.47 Å². The van der Waals surface area contributed by atoms with Gasteiger partial charge in [-0.05, 0) is 55.3 Å². The summed E-state index contributed by atoms with van der Waals surface area (Å²) in [6, 6.07) is 13.0. The third-order valence-corrected chi connectivity index (χ3v) is 5.85. The van der Waals surface area contributed by atoms with Crippen LogP contribution in [-0.2, 0) is 14.3 Å². The number of hydrogen-bond donors (Lipinski definition) is 0. The molecule has 0 bridgehead atoms. The van der Waals surface area contributed by atoms with Gasteiger partial charge in [0.25, 0.3) is 0 Å². The van der Waals surface area contributed by atoms with E-state index in [0.717, 1.165) is 16.8 Å². The molecule has 2 heterocycles. The summed E-state index contributed by atoms with van der Waals surface area (Å²) in [4.78, 5) is 35.2. The highest BCUT2D eigenvalue weighted by Crippen LogP contribution is 2.31. The van der Waals surface area contributed by atoms with Crippen molar-refractivity contribution in [3.63, 3.8) is 0 Å². The van der Waals surface area contributed by atoms with Gasteiger partial charge in [0.05, 0.1) is 24.1 Å². The zero-order valence-corrected chi connectivity index (χ0v) is 18.9. The molecule has 4 rings (SSSR count). The lowest BCUT2D eigenvalue weighted by Gasteiger charge is -2.19. The Hall–Kier alpha value is -3.78. The summed E-state index contributed by atoms with van der Waals surface area (Å²) in [5.74, 6) is 0.00739. The summed E-state index contributed by atoms with van der Waals surface area (Å²) in [6.07, 6.45) is 1.55. The number of anilines is 2. The van der Waals surface area contributed by atoms with Crippen LogP contribution in [0.1, 0.15) is 29.3 Å². The van der Waals surface area contributed by atoms with E-state index >= 15 is 0 Å². The van der Waals surface area contributed by atoms with Gasteiger partial charge in [-0.3, -0.25) is 9.69 Å². The van der Waals surface area contributed by atoms with Gasteiger partial charge in [0.1, 0.15) is 5.75 Å². The van der Waals surface area contributed by atoms with Gasteiger partial charge in [0.2, 0.25) is 11.8 Å². The monoisotopic (exact) mass is 447 g/mol. The Morgan fingerprint density at radius 3 is 2.66 bits per heavy atom. The molecule has 0 N–H and O–H groups in total. The van der Waals surface area contributed by atoms with Crippen molar-refractivity contribution in [1.82, 2.24) is 4.98 Å². The fourth-order valence-corrected chi connectivity index (χ4v) is 4.07. The van der Waals surface area contributed by atoms with Gasteiger partial charge in [0.15, 0.2) is 10.8 Å². The number of esters is 1. The Morgan fingerprint density at radius 1 is 1.16 bits per heavy atom. The summed E-state index contributed by atoms with van der Waals surface area (Å²) in [5.41, 5.74) is 4.19. The van der Waals surface area contributed by atoms with Crippen molar-refractivity contribution in [2.75, 3.05) is 12.0 Å². The SMILES string of the molecule is COc1ccccc1C1=NC(=Cc2csc(N(C(C)=O)c3ccc(C)c(C)c3)n2)C(=O)O1. The Morgan fingerprint density at radius 2 is 1.94 bits per heavy atom. The molecule has 32 heavy (non-hydrogen) atoms. The molecule has 0 saturated carbocycles. The van der Waals surface area contributed by atoms with Crippen LogP contribution in [0, 0.1) is 13.8 Å². The average molecular weight is 448 g/mol. The number of carbonyl (C=O) groups excluding carboxylic acids is 2. The quantitative estimate of drug-likeness (QED) is 0.415. The molecule has 7 nitrogen and oxygen atoms in total. The number of rotatable bonds is 5. The van der Waals surface area contributed by atoms with E-state index in [2.05, 4.69) is 9.98 Å². The van der Waals surface area contributed by atoms with E-state index in [-0.39, 0.29) is 17.5 Å². The molecule has 162 valence electrons. The summed E-state index contributed by atoms with van der Waals surface area (Å²) >= 11 is 1.31. The molecule has 1 aliphatic rings. The maximum absolute atomic E-state index is 12.4. The highest BCUT2D eigenvalue weighted by atomic mass is 32.1. The molecule has 2 aromatic carbocycles. The highest BCUT2D eigenvalue weighted by Gasteiger charge is 2.27. The molecular formula is C24H21N3O4S. The first-order chi connectivity index (χ1) is 15.4. The van der Waals surface area contributed by atoms with Gasteiger partial charge in [-0.1, -0.05) is 18.2 Å². The lowest BCUT2D eigenvalue weighted by molar-refractivity contribution is -0.130. The van der Waals surface area contributed by atoms with Crippen molar-refractivity contribution < 1.29 is 19.1 Å². The number of ether oxygens (including phenoxy) is 2. The third-order valence-electron chi connectivity index (χ3n) is 5.01. The molecule has 0 spiro atoms. The predicted molar refractivity (Wildman–Crippen MR) is 124 cm³/mol. The normalized spacial score (nSPS) is 14.3. The minimum absolute atomic E-state index is 0.128. The molecule has 8 heteroatoms. The summed E-state index contributed by atoms with van der Waals surface area (Å²) in [6.45, 7) is 5.51. The van der Waals surface area contributed by atoms with Crippen LogP contribution in [0.3, 0.4) is 0 Å². The van der Waals surface area contributed by atoms with Crippen LogP contribution in [0.2, 0.25) is 0 Å². The maximum Gasteiger partial charge on any atom is 0.363 e. The lowest BCUT2D eigenvalue weighted by Crippen LogP contribution is -2.22. The van der Waals surface area contributed by atoms with Crippen molar-refractivity contribution in [2.24, 2.45) is 4.99 Å². The second-order valence-corrected chi connectivity index (χ2v) is 8.05. The number of methoxy groups -OCH3 is 1. The topological polar surface area (TPSA) is 81.1 Å². The van der Waals surface area contributed by atoms with Crippen molar-refractivity contribution >= 4 is 46.0 Å². The van der Waals surface area contributed by atoms with Crippen LogP contribution in [-0.4, -0.2) is 29.9 Å². The van der Waals surface area contributed by atoms with Gasteiger partial charge >= 0.3 is 5.97 Å². The van der Waals surface area contributed by atoms with Crippen molar-refractivity contribution in [1.29, 1.82) is 0 Å². The predicted octanol–water partition coefficient (Wildman–Crippen LogP) is 4.80. The Bertz CT molecular complexity index is 1280. The summed E-state index contributed by atoms with van der Waals surface area (Å²) < 4.78 is 10.7. The number of carbonyl (C=O) groups is 2. The number of cyclic esters (lactones) is 1. The summed E-state index contributed by atoms with van der Waals surface area (Å²) in [5, 5.41) is 2.27. The number of aliphatic imine (C=N–C) groups is 1. The molecule has 1 aromatic heterocycles. The van der Waals surface area contributed by atoms with Crippen molar-refractivity contribution in [3.8, 4) is 5.75 Å². The van der Waals surface area contributed by atoms with Crippen LogP contribution in [0.5, 0.6) is 5.75 Å². The number of aryl methyl sites for hydroxylation is 2. The molecule has 0 atom stereocenters. The van der Waals surface area contributed by atoms with Crippen LogP contribution >= 0.6 is 11.3 Å². The number of hydrogen-bond acceptors (Lipinski definition) is 7. The Balaban J connectivity index is 1.65. The van der Waals surface area contributed by atoms with E-state index in [9.17, 15) is 9.59 Å². The van der Waals surface area contributed by atoms with E-state index in [1.165, 1.54) is 18.3 Å². The van der Waals surface area contributed by atoms with Gasteiger partial charge in [0, 0.05) is 12.3 Å². The van der Waals surface area contributed by atoms with Gasteiger partial charge < -0.3 is 9.47 Å². The second kappa shape index (κ2) is 8.76. The zero-order chi connectivity index (χ0) is 22.8. The first-order valence-corrected chi connectivity index (χ1v) is 10.7. The number of amides is 1. The molecule has 0 fully saturated rings. The average Bonchev–Trinajstić information content (AvgIpc) is 3.37.